The van der Waals surface area contributed by atoms with Gasteiger partial charge in [-0.05, 0) is 51.5 Å². The molecule has 0 saturated carbocycles. The molecule has 0 spiro atoms. The molecule has 0 atom stereocenters. The van der Waals surface area contributed by atoms with E-state index in [0.29, 0.717) is 30.9 Å². The van der Waals surface area contributed by atoms with E-state index in [1.165, 1.54) is 24.3 Å². The van der Waals surface area contributed by atoms with Crippen LogP contribution >= 0.6 is 0 Å². The molecule has 0 bridgehead atoms. The smallest absolute Gasteiger partial charge is 0.410 e. The summed E-state index contributed by atoms with van der Waals surface area (Å²) in [5, 5.41) is 9.61. The zero-order valence-corrected chi connectivity index (χ0v) is 14.9. The summed E-state index contributed by atoms with van der Waals surface area (Å²) >= 11 is 0. The molecule has 138 valence electrons. The number of nitrogens with zero attached hydrogens (tertiary/aromatic N) is 2. The fourth-order valence-electron chi connectivity index (χ4n) is 2.71. The Morgan fingerprint density at radius 2 is 1.96 bits per heavy atom. The van der Waals surface area contributed by atoms with Crippen molar-refractivity contribution in [2.24, 2.45) is 0 Å². The number of carbonyl (C=O) groups is 2. The largest absolute Gasteiger partial charge is 0.444 e. The maximum atomic E-state index is 13.0. The van der Waals surface area contributed by atoms with Crippen molar-refractivity contribution in [2.45, 2.75) is 39.3 Å². The van der Waals surface area contributed by atoms with Crippen LogP contribution in [0.15, 0.2) is 24.3 Å². The number of H-pyrrole nitrogens is 1. The molecule has 2 N–H and O–H groups in total. The highest BCUT2D eigenvalue weighted by molar-refractivity contribution is 6.04. The van der Waals surface area contributed by atoms with Gasteiger partial charge in [0.05, 0.1) is 12.2 Å². The van der Waals surface area contributed by atoms with E-state index in [1.807, 2.05) is 20.8 Å². The number of benzene rings is 1. The maximum Gasteiger partial charge on any atom is 0.410 e. The Balaban J connectivity index is 1.70. The standard InChI is InChI=1S/C18H21FN4O3/c1-18(2,3)26-17(25)23-9-8-13-14(10-23)21-22-15(13)16(24)20-12-6-4-11(19)5-7-12/h4-7H,8-10H2,1-3H3,(H,20,24)(H,21,22). The maximum absolute atomic E-state index is 13.0. The van der Waals surface area contributed by atoms with Crippen molar-refractivity contribution in [3.8, 4) is 0 Å². The van der Waals surface area contributed by atoms with Gasteiger partial charge < -0.3 is 15.0 Å². The zero-order valence-electron chi connectivity index (χ0n) is 14.9. The van der Waals surface area contributed by atoms with Crippen LogP contribution in [0.2, 0.25) is 0 Å². The van der Waals surface area contributed by atoms with Crippen LogP contribution < -0.4 is 5.32 Å². The second-order valence-corrected chi connectivity index (χ2v) is 7.14. The number of aromatic amines is 1. The molecule has 1 aliphatic heterocycles. The lowest BCUT2D eigenvalue weighted by Crippen LogP contribution is -2.40. The van der Waals surface area contributed by atoms with Crippen molar-refractivity contribution in [3.63, 3.8) is 0 Å². The number of carbonyl (C=O) groups excluding carboxylic acids is 2. The van der Waals surface area contributed by atoms with E-state index in [1.54, 1.807) is 4.90 Å². The van der Waals surface area contributed by atoms with Gasteiger partial charge in [0.1, 0.15) is 11.4 Å². The molecule has 1 aliphatic rings. The van der Waals surface area contributed by atoms with Crippen LogP contribution in [-0.2, 0) is 17.7 Å². The van der Waals surface area contributed by atoms with Gasteiger partial charge >= 0.3 is 6.09 Å². The van der Waals surface area contributed by atoms with E-state index in [4.69, 9.17) is 4.74 Å². The van der Waals surface area contributed by atoms with Gasteiger partial charge in [-0.3, -0.25) is 9.89 Å². The Morgan fingerprint density at radius 3 is 2.62 bits per heavy atom. The predicted octanol–water partition coefficient (Wildman–Crippen LogP) is 3.09. The number of rotatable bonds is 2. The van der Waals surface area contributed by atoms with Gasteiger partial charge in [-0.25, -0.2) is 9.18 Å². The van der Waals surface area contributed by atoms with E-state index >= 15 is 0 Å². The quantitative estimate of drug-likeness (QED) is 0.861. The minimum absolute atomic E-state index is 0.285. The Bertz CT molecular complexity index is 824. The molecular formula is C18H21FN4O3. The summed E-state index contributed by atoms with van der Waals surface area (Å²) < 4.78 is 18.3. The van der Waals surface area contributed by atoms with Crippen LogP contribution in [0.5, 0.6) is 0 Å². The highest BCUT2D eigenvalue weighted by Gasteiger charge is 2.30. The minimum atomic E-state index is -0.564. The normalized spacial score (nSPS) is 13.9. The van der Waals surface area contributed by atoms with Crippen molar-refractivity contribution in [1.29, 1.82) is 0 Å². The molecule has 8 heteroatoms. The summed E-state index contributed by atoms with van der Waals surface area (Å²) in [5.74, 6) is -0.748. The van der Waals surface area contributed by atoms with Crippen LogP contribution in [0.1, 0.15) is 42.5 Å². The Hall–Kier alpha value is -2.90. The number of hydrogen-bond acceptors (Lipinski definition) is 4. The summed E-state index contributed by atoms with van der Waals surface area (Å²) in [6.45, 7) is 6.19. The van der Waals surface area contributed by atoms with Crippen LogP contribution in [0.3, 0.4) is 0 Å². The lowest BCUT2D eigenvalue weighted by molar-refractivity contribution is 0.0221. The molecule has 2 heterocycles. The average Bonchev–Trinajstić information content (AvgIpc) is 2.98. The lowest BCUT2D eigenvalue weighted by atomic mass is 10.0. The molecule has 0 aliphatic carbocycles. The molecule has 1 aromatic heterocycles. The summed E-state index contributed by atoms with van der Waals surface area (Å²) in [6.07, 6.45) is 0.104. The molecule has 2 amide bonds. The number of ether oxygens (including phenoxy) is 1. The number of amides is 2. The predicted molar refractivity (Wildman–Crippen MR) is 93.3 cm³/mol. The monoisotopic (exact) mass is 360 g/mol. The number of aromatic nitrogens is 2. The van der Waals surface area contributed by atoms with Gasteiger partial charge in [0, 0.05) is 17.8 Å². The SMILES string of the molecule is CC(C)(C)OC(=O)N1CCc2c(C(=O)Nc3ccc(F)cc3)n[nH]c2C1. The fourth-order valence-corrected chi connectivity index (χ4v) is 2.71. The van der Waals surface area contributed by atoms with Gasteiger partial charge in [0.15, 0.2) is 5.69 Å². The number of nitrogens with one attached hydrogen (secondary N) is 2. The van der Waals surface area contributed by atoms with Crippen LogP contribution in [-0.4, -0.2) is 39.2 Å². The molecule has 0 radical (unpaired) electrons. The van der Waals surface area contributed by atoms with E-state index in [0.717, 1.165) is 5.56 Å². The number of hydrogen-bond donors (Lipinski definition) is 2. The van der Waals surface area contributed by atoms with Crippen molar-refractivity contribution in [2.75, 3.05) is 11.9 Å². The molecule has 2 aromatic rings. The van der Waals surface area contributed by atoms with E-state index in [9.17, 15) is 14.0 Å². The molecule has 1 aromatic carbocycles. The van der Waals surface area contributed by atoms with E-state index in [-0.39, 0.29) is 17.4 Å². The molecule has 3 rings (SSSR count). The van der Waals surface area contributed by atoms with Crippen LogP contribution in [0.25, 0.3) is 0 Å². The van der Waals surface area contributed by atoms with Gasteiger partial charge in [-0.15, -0.1) is 0 Å². The first kappa shape index (κ1) is 17.9. The highest BCUT2D eigenvalue weighted by atomic mass is 19.1. The van der Waals surface area contributed by atoms with Crippen molar-refractivity contribution >= 4 is 17.7 Å². The third-order valence-electron chi connectivity index (χ3n) is 3.90. The molecule has 0 unspecified atom stereocenters. The first-order valence-corrected chi connectivity index (χ1v) is 8.34. The lowest BCUT2D eigenvalue weighted by Gasteiger charge is -2.29. The first-order chi connectivity index (χ1) is 12.2. The summed E-state index contributed by atoms with van der Waals surface area (Å²) in [4.78, 5) is 26.2. The topological polar surface area (TPSA) is 87.3 Å². The van der Waals surface area contributed by atoms with Gasteiger partial charge in [-0.2, -0.15) is 5.10 Å². The zero-order chi connectivity index (χ0) is 18.9. The number of fused-ring (bicyclic) bond motifs is 1. The first-order valence-electron chi connectivity index (χ1n) is 8.34. The number of halogens is 1. The minimum Gasteiger partial charge on any atom is -0.444 e. The third-order valence-corrected chi connectivity index (χ3v) is 3.90. The van der Waals surface area contributed by atoms with Crippen molar-refractivity contribution < 1.29 is 18.7 Å². The van der Waals surface area contributed by atoms with E-state index in [2.05, 4.69) is 15.5 Å². The fraction of sp³-hybridized carbons (Fsp3) is 0.389. The Kier molecular flexibility index (Phi) is 4.67. The van der Waals surface area contributed by atoms with E-state index < -0.39 is 11.7 Å². The van der Waals surface area contributed by atoms with Crippen molar-refractivity contribution in [1.82, 2.24) is 15.1 Å². The highest BCUT2D eigenvalue weighted by Crippen LogP contribution is 2.23. The van der Waals surface area contributed by atoms with Gasteiger partial charge in [0.25, 0.3) is 5.91 Å². The average molecular weight is 360 g/mol. The van der Waals surface area contributed by atoms with Gasteiger partial charge in [-0.1, -0.05) is 0 Å². The van der Waals surface area contributed by atoms with Gasteiger partial charge in [0.2, 0.25) is 0 Å². The molecular weight excluding hydrogens is 339 g/mol. The van der Waals surface area contributed by atoms with Crippen molar-refractivity contribution in [3.05, 3.63) is 47.0 Å². The molecule has 26 heavy (non-hydrogen) atoms. The summed E-state index contributed by atoms with van der Waals surface area (Å²) in [5.41, 5.74) is 1.70. The van der Waals surface area contributed by atoms with Crippen LogP contribution in [0, 0.1) is 5.82 Å². The second-order valence-electron chi connectivity index (χ2n) is 7.14. The molecule has 7 nitrogen and oxygen atoms in total. The molecule has 0 fully saturated rings. The Morgan fingerprint density at radius 1 is 1.27 bits per heavy atom. The Labute approximate surface area is 150 Å². The molecule has 0 saturated heterocycles. The third kappa shape index (κ3) is 4.01. The summed E-state index contributed by atoms with van der Waals surface area (Å²) in [6, 6.07) is 5.51. The number of anilines is 1. The van der Waals surface area contributed by atoms with Crippen LogP contribution in [0.4, 0.5) is 14.9 Å². The second kappa shape index (κ2) is 6.78. The summed E-state index contributed by atoms with van der Waals surface area (Å²) in [7, 11) is 0.